The molecule has 1 aromatic carbocycles. The Morgan fingerprint density at radius 1 is 1.33 bits per heavy atom. The van der Waals surface area contributed by atoms with Crippen LogP contribution < -0.4 is 5.73 Å². The molecule has 60 valence electrons. The third-order valence-corrected chi connectivity index (χ3v) is 1.65. The van der Waals surface area contributed by atoms with E-state index in [1.807, 2.05) is 0 Å². The maximum Gasteiger partial charge on any atom is 0.151 e. The zero-order chi connectivity index (χ0) is 8.55. The fourth-order valence-corrected chi connectivity index (χ4v) is 1.07. The number of benzene rings is 1. The van der Waals surface area contributed by atoms with Gasteiger partial charge in [0.05, 0.1) is 11.9 Å². The van der Waals surface area contributed by atoms with Crippen molar-refractivity contribution in [2.24, 2.45) is 0 Å². The second kappa shape index (κ2) is 2.41. The van der Waals surface area contributed by atoms with Crippen molar-refractivity contribution in [2.45, 2.75) is 0 Å². The van der Waals surface area contributed by atoms with E-state index in [1.165, 1.54) is 12.3 Å². The zero-order valence-corrected chi connectivity index (χ0v) is 6.16. The van der Waals surface area contributed by atoms with Crippen molar-refractivity contribution >= 4 is 16.6 Å². The van der Waals surface area contributed by atoms with Crippen LogP contribution in [0.2, 0.25) is 0 Å². The van der Waals surface area contributed by atoms with Crippen molar-refractivity contribution in [3.63, 3.8) is 0 Å². The molecule has 2 aromatic rings. The van der Waals surface area contributed by atoms with Gasteiger partial charge in [-0.05, 0) is 6.07 Å². The molecule has 0 bridgehead atoms. The first kappa shape index (κ1) is 6.97. The molecule has 0 fully saturated rings. The van der Waals surface area contributed by atoms with Crippen LogP contribution >= 0.6 is 0 Å². The van der Waals surface area contributed by atoms with Crippen molar-refractivity contribution in [1.82, 2.24) is 10.2 Å². The van der Waals surface area contributed by atoms with Crippen LogP contribution in [0.1, 0.15) is 0 Å². The summed E-state index contributed by atoms with van der Waals surface area (Å²) >= 11 is 0. The Hall–Kier alpha value is -1.71. The SMILES string of the molecule is Nc1cnnc2c(F)cccc12. The summed E-state index contributed by atoms with van der Waals surface area (Å²) in [5, 5.41) is 7.80. The Bertz CT molecular complexity index is 386. The first-order valence-electron chi connectivity index (χ1n) is 3.44. The molecule has 4 heteroatoms. The van der Waals surface area contributed by atoms with E-state index in [1.54, 1.807) is 12.1 Å². The Morgan fingerprint density at radius 3 is 2.92 bits per heavy atom. The van der Waals surface area contributed by atoms with E-state index in [0.29, 0.717) is 11.1 Å². The van der Waals surface area contributed by atoms with Crippen LogP contribution in [0.4, 0.5) is 10.1 Å². The van der Waals surface area contributed by atoms with Crippen LogP contribution in [0.25, 0.3) is 10.9 Å². The summed E-state index contributed by atoms with van der Waals surface area (Å²) in [5.41, 5.74) is 6.22. The molecule has 0 spiro atoms. The molecule has 1 heterocycles. The quantitative estimate of drug-likeness (QED) is 0.637. The van der Waals surface area contributed by atoms with Gasteiger partial charge in [-0.15, -0.1) is 5.10 Å². The fourth-order valence-electron chi connectivity index (χ4n) is 1.07. The Kier molecular flexibility index (Phi) is 1.40. The number of hydrogen-bond donors (Lipinski definition) is 1. The number of nitrogen functional groups attached to an aromatic ring is 1. The molecular formula is C8H6FN3. The third kappa shape index (κ3) is 0.887. The summed E-state index contributed by atoms with van der Waals surface area (Å²) in [6.45, 7) is 0. The van der Waals surface area contributed by atoms with Gasteiger partial charge in [-0.25, -0.2) is 4.39 Å². The number of hydrogen-bond acceptors (Lipinski definition) is 3. The Labute approximate surface area is 68.0 Å². The summed E-state index contributed by atoms with van der Waals surface area (Å²) in [4.78, 5) is 0. The van der Waals surface area contributed by atoms with Gasteiger partial charge in [-0.2, -0.15) is 5.10 Å². The van der Waals surface area contributed by atoms with E-state index in [9.17, 15) is 4.39 Å². The van der Waals surface area contributed by atoms with Crippen LogP contribution in [-0.2, 0) is 0 Å². The first-order chi connectivity index (χ1) is 5.79. The minimum absolute atomic E-state index is 0.220. The second-order valence-electron chi connectivity index (χ2n) is 2.44. The van der Waals surface area contributed by atoms with E-state index in [2.05, 4.69) is 10.2 Å². The summed E-state index contributed by atoms with van der Waals surface area (Å²) in [6, 6.07) is 4.63. The molecular weight excluding hydrogens is 157 g/mol. The van der Waals surface area contributed by atoms with Crippen molar-refractivity contribution < 1.29 is 4.39 Å². The summed E-state index contributed by atoms with van der Waals surface area (Å²) in [5.74, 6) is -0.396. The summed E-state index contributed by atoms with van der Waals surface area (Å²) in [6.07, 6.45) is 1.40. The van der Waals surface area contributed by atoms with Crippen LogP contribution in [0.15, 0.2) is 24.4 Å². The minimum Gasteiger partial charge on any atom is -0.397 e. The number of nitrogens with two attached hydrogens (primary N) is 1. The maximum atomic E-state index is 13.0. The van der Waals surface area contributed by atoms with Crippen molar-refractivity contribution in [2.75, 3.05) is 5.73 Å². The molecule has 0 saturated heterocycles. The predicted octanol–water partition coefficient (Wildman–Crippen LogP) is 1.35. The lowest BCUT2D eigenvalue weighted by Gasteiger charge is -1.98. The van der Waals surface area contributed by atoms with Gasteiger partial charge in [-0.3, -0.25) is 0 Å². The fraction of sp³-hybridized carbons (Fsp3) is 0. The van der Waals surface area contributed by atoms with Gasteiger partial charge in [0, 0.05) is 5.39 Å². The molecule has 0 saturated carbocycles. The summed E-state index contributed by atoms with van der Waals surface area (Å²) in [7, 11) is 0. The molecule has 0 amide bonds. The highest BCUT2D eigenvalue weighted by Crippen LogP contribution is 2.18. The largest absolute Gasteiger partial charge is 0.397 e. The molecule has 0 radical (unpaired) electrons. The van der Waals surface area contributed by atoms with Crippen molar-refractivity contribution in [3.8, 4) is 0 Å². The van der Waals surface area contributed by atoms with Crippen LogP contribution in [0, 0.1) is 5.82 Å². The van der Waals surface area contributed by atoms with E-state index in [-0.39, 0.29) is 5.52 Å². The second-order valence-corrected chi connectivity index (χ2v) is 2.44. The molecule has 2 rings (SSSR count). The normalized spacial score (nSPS) is 10.4. The highest BCUT2D eigenvalue weighted by atomic mass is 19.1. The molecule has 2 N–H and O–H groups in total. The topological polar surface area (TPSA) is 51.8 Å². The van der Waals surface area contributed by atoms with Crippen molar-refractivity contribution in [1.29, 1.82) is 0 Å². The van der Waals surface area contributed by atoms with Crippen LogP contribution in [0.5, 0.6) is 0 Å². The van der Waals surface area contributed by atoms with Gasteiger partial charge < -0.3 is 5.73 Å². The highest BCUT2D eigenvalue weighted by Gasteiger charge is 2.03. The highest BCUT2D eigenvalue weighted by molar-refractivity contribution is 5.89. The molecule has 12 heavy (non-hydrogen) atoms. The van der Waals surface area contributed by atoms with Gasteiger partial charge in [-0.1, -0.05) is 12.1 Å². The number of rotatable bonds is 0. The number of fused-ring (bicyclic) bond motifs is 1. The lowest BCUT2D eigenvalue weighted by Crippen LogP contribution is -1.93. The molecule has 1 aromatic heterocycles. The lowest BCUT2D eigenvalue weighted by molar-refractivity contribution is 0.635. The summed E-state index contributed by atoms with van der Waals surface area (Å²) < 4.78 is 13.0. The minimum atomic E-state index is -0.396. The molecule has 0 aliphatic rings. The number of halogens is 1. The number of anilines is 1. The van der Waals surface area contributed by atoms with Gasteiger partial charge in [0.15, 0.2) is 5.82 Å². The first-order valence-corrected chi connectivity index (χ1v) is 3.44. The van der Waals surface area contributed by atoms with Gasteiger partial charge in [0.25, 0.3) is 0 Å². The number of nitrogens with zero attached hydrogens (tertiary/aromatic N) is 2. The smallest absolute Gasteiger partial charge is 0.151 e. The van der Waals surface area contributed by atoms with Gasteiger partial charge >= 0.3 is 0 Å². The molecule has 0 unspecified atom stereocenters. The average Bonchev–Trinajstić information content (AvgIpc) is 2.07. The van der Waals surface area contributed by atoms with Crippen molar-refractivity contribution in [3.05, 3.63) is 30.2 Å². The van der Waals surface area contributed by atoms with Gasteiger partial charge in [0.1, 0.15) is 5.52 Å². The molecule has 3 nitrogen and oxygen atoms in total. The zero-order valence-electron chi connectivity index (χ0n) is 6.16. The van der Waals surface area contributed by atoms with E-state index < -0.39 is 5.82 Å². The van der Waals surface area contributed by atoms with Gasteiger partial charge in [0.2, 0.25) is 0 Å². The molecule has 0 aliphatic carbocycles. The third-order valence-electron chi connectivity index (χ3n) is 1.65. The van der Waals surface area contributed by atoms with E-state index in [0.717, 1.165) is 0 Å². The monoisotopic (exact) mass is 163 g/mol. The standard InChI is InChI=1S/C8H6FN3/c9-6-3-1-2-5-7(10)4-11-12-8(5)6/h1-4H,(H2,10,12). The number of aromatic nitrogens is 2. The van der Waals surface area contributed by atoms with E-state index >= 15 is 0 Å². The van der Waals surface area contributed by atoms with Crippen LogP contribution in [-0.4, -0.2) is 10.2 Å². The predicted molar refractivity (Wildman–Crippen MR) is 43.9 cm³/mol. The lowest BCUT2D eigenvalue weighted by atomic mass is 10.2. The average molecular weight is 163 g/mol. The maximum absolute atomic E-state index is 13.0. The molecule has 0 atom stereocenters. The molecule has 0 aliphatic heterocycles. The van der Waals surface area contributed by atoms with Crippen LogP contribution in [0.3, 0.4) is 0 Å². The Morgan fingerprint density at radius 2 is 2.17 bits per heavy atom. The van der Waals surface area contributed by atoms with E-state index in [4.69, 9.17) is 5.73 Å². The Balaban J connectivity index is 2.94.